The summed E-state index contributed by atoms with van der Waals surface area (Å²) in [7, 11) is 0. The summed E-state index contributed by atoms with van der Waals surface area (Å²) in [6, 6.07) is 6.75. The largest absolute Gasteiger partial charge is 0.508 e. The van der Waals surface area contributed by atoms with Crippen LogP contribution in [0.25, 0.3) is 0 Å². The molecule has 1 saturated carbocycles. The van der Waals surface area contributed by atoms with Crippen molar-refractivity contribution < 1.29 is 9.90 Å². The van der Waals surface area contributed by atoms with Gasteiger partial charge in [0.1, 0.15) is 5.75 Å². The second-order valence-corrected chi connectivity index (χ2v) is 6.13. The lowest BCUT2D eigenvalue weighted by Crippen LogP contribution is -2.39. The average Bonchev–Trinajstić information content (AvgIpc) is 3.16. The normalized spacial score (nSPS) is 22.4. The van der Waals surface area contributed by atoms with Gasteiger partial charge in [-0.25, -0.2) is 0 Å². The van der Waals surface area contributed by atoms with Crippen LogP contribution in [0.15, 0.2) is 18.2 Å². The molecule has 0 aromatic heterocycles. The summed E-state index contributed by atoms with van der Waals surface area (Å²) >= 11 is 0. The molecule has 1 aliphatic carbocycles. The van der Waals surface area contributed by atoms with E-state index in [-0.39, 0.29) is 11.7 Å². The lowest BCUT2D eigenvalue weighted by molar-refractivity contribution is 0.0688. The Bertz CT molecular complexity index is 585. The number of rotatable bonds is 2. The highest BCUT2D eigenvalue weighted by atomic mass is 16.3. The lowest BCUT2D eigenvalue weighted by Gasteiger charge is -2.29. The zero-order chi connectivity index (χ0) is 14.8. The molecule has 1 aromatic rings. The molecule has 1 heterocycles. The van der Waals surface area contributed by atoms with Crippen LogP contribution in [-0.2, 0) is 0 Å². The summed E-state index contributed by atoms with van der Waals surface area (Å²) in [6.45, 7) is 0.789. The monoisotopic (exact) mass is 284 g/mol. The van der Waals surface area contributed by atoms with Crippen LogP contribution in [0.2, 0.25) is 0 Å². The molecule has 1 aromatic carbocycles. The van der Waals surface area contributed by atoms with Gasteiger partial charge in [0.15, 0.2) is 0 Å². The van der Waals surface area contributed by atoms with Gasteiger partial charge in [-0.3, -0.25) is 4.79 Å². The van der Waals surface area contributed by atoms with E-state index in [1.54, 1.807) is 6.07 Å². The van der Waals surface area contributed by atoms with Gasteiger partial charge in [0.25, 0.3) is 5.91 Å². The van der Waals surface area contributed by atoms with Crippen LogP contribution in [0.5, 0.6) is 5.75 Å². The molecule has 0 spiro atoms. The van der Waals surface area contributed by atoms with E-state index >= 15 is 0 Å². The first kappa shape index (κ1) is 13.9. The number of phenols is 1. The van der Waals surface area contributed by atoms with Crippen molar-refractivity contribution >= 4 is 5.91 Å². The molecular formula is C17H20N2O2. The van der Waals surface area contributed by atoms with Gasteiger partial charge in [0, 0.05) is 18.2 Å². The number of nitriles is 1. The van der Waals surface area contributed by atoms with Crippen molar-refractivity contribution in [2.75, 3.05) is 6.54 Å². The molecule has 2 fully saturated rings. The molecule has 1 N–H and O–H groups in total. The fourth-order valence-electron chi connectivity index (χ4n) is 3.84. The fraction of sp³-hybridized carbons (Fsp3) is 0.529. The van der Waals surface area contributed by atoms with Crippen molar-refractivity contribution in [1.82, 2.24) is 4.90 Å². The molecular weight excluding hydrogens is 264 g/mol. The van der Waals surface area contributed by atoms with E-state index in [0.717, 1.165) is 19.4 Å². The molecule has 0 bridgehead atoms. The van der Waals surface area contributed by atoms with E-state index < -0.39 is 0 Å². The number of benzene rings is 1. The molecule has 0 unspecified atom stereocenters. The van der Waals surface area contributed by atoms with Gasteiger partial charge in [0.05, 0.1) is 11.6 Å². The van der Waals surface area contributed by atoms with Crippen LogP contribution in [0, 0.1) is 17.2 Å². The molecule has 3 rings (SSSR count). The summed E-state index contributed by atoms with van der Waals surface area (Å²) in [4.78, 5) is 14.7. The third kappa shape index (κ3) is 2.73. The standard InChI is InChI=1S/C17H20N2O2/c18-11-12-8-14(10-15(20)9-12)17(21)19-7-3-6-16(19)13-4-1-2-5-13/h8-10,13,16,20H,1-7H2/t16-/m0/s1. The number of phenolic OH excluding ortho intramolecular Hbond substituents is 1. The minimum Gasteiger partial charge on any atom is -0.508 e. The van der Waals surface area contributed by atoms with E-state index in [1.165, 1.54) is 37.8 Å². The van der Waals surface area contributed by atoms with E-state index in [0.29, 0.717) is 23.1 Å². The summed E-state index contributed by atoms with van der Waals surface area (Å²) < 4.78 is 0. The molecule has 1 amide bonds. The molecule has 4 heteroatoms. The SMILES string of the molecule is N#Cc1cc(O)cc(C(=O)N2CCC[C@H]2C2CCCC2)c1. The summed E-state index contributed by atoms with van der Waals surface area (Å²) in [5.74, 6) is 0.565. The number of carbonyl (C=O) groups is 1. The molecule has 1 saturated heterocycles. The van der Waals surface area contributed by atoms with Gasteiger partial charge in [-0.2, -0.15) is 5.26 Å². The molecule has 1 aliphatic heterocycles. The molecule has 2 aliphatic rings. The van der Waals surface area contributed by atoms with Crippen LogP contribution in [0.3, 0.4) is 0 Å². The number of aromatic hydroxyl groups is 1. The van der Waals surface area contributed by atoms with Crippen LogP contribution in [0.1, 0.15) is 54.4 Å². The smallest absolute Gasteiger partial charge is 0.254 e. The molecule has 21 heavy (non-hydrogen) atoms. The first-order valence-corrected chi connectivity index (χ1v) is 7.74. The van der Waals surface area contributed by atoms with E-state index in [1.807, 2.05) is 11.0 Å². The third-order valence-corrected chi connectivity index (χ3v) is 4.80. The van der Waals surface area contributed by atoms with Crippen LogP contribution in [0.4, 0.5) is 0 Å². The van der Waals surface area contributed by atoms with Gasteiger partial charge in [0.2, 0.25) is 0 Å². The van der Waals surface area contributed by atoms with Gasteiger partial charge in [-0.1, -0.05) is 12.8 Å². The Balaban J connectivity index is 1.83. The van der Waals surface area contributed by atoms with Crippen molar-refractivity contribution in [3.63, 3.8) is 0 Å². The Labute approximate surface area is 125 Å². The zero-order valence-corrected chi connectivity index (χ0v) is 12.1. The quantitative estimate of drug-likeness (QED) is 0.907. The predicted molar refractivity (Wildman–Crippen MR) is 78.8 cm³/mol. The number of hydrogen-bond donors (Lipinski definition) is 1. The van der Waals surface area contributed by atoms with Crippen LogP contribution < -0.4 is 0 Å². The Morgan fingerprint density at radius 2 is 1.95 bits per heavy atom. The first-order chi connectivity index (χ1) is 10.2. The van der Waals surface area contributed by atoms with Crippen LogP contribution >= 0.6 is 0 Å². The molecule has 110 valence electrons. The second kappa shape index (κ2) is 5.77. The Kier molecular flexibility index (Phi) is 3.83. The first-order valence-electron chi connectivity index (χ1n) is 7.74. The zero-order valence-electron chi connectivity index (χ0n) is 12.1. The van der Waals surface area contributed by atoms with Crippen LogP contribution in [-0.4, -0.2) is 28.5 Å². The fourth-order valence-corrected chi connectivity index (χ4v) is 3.84. The summed E-state index contributed by atoms with van der Waals surface area (Å²) in [6.07, 6.45) is 7.12. The third-order valence-electron chi connectivity index (χ3n) is 4.80. The van der Waals surface area contributed by atoms with Crippen molar-refractivity contribution in [1.29, 1.82) is 5.26 Å². The number of nitrogens with zero attached hydrogens (tertiary/aromatic N) is 2. The number of carbonyl (C=O) groups excluding carboxylic acids is 1. The maximum Gasteiger partial charge on any atom is 0.254 e. The molecule has 1 atom stereocenters. The summed E-state index contributed by atoms with van der Waals surface area (Å²) in [5, 5.41) is 18.6. The molecule has 4 nitrogen and oxygen atoms in total. The Morgan fingerprint density at radius 3 is 2.67 bits per heavy atom. The van der Waals surface area contributed by atoms with Crippen molar-refractivity contribution in [2.45, 2.75) is 44.6 Å². The highest BCUT2D eigenvalue weighted by Gasteiger charge is 2.36. The van der Waals surface area contributed by atoms with Gasteiger partial charge in [-0.15, -0.1) is 0 Å². The molecule has 0 radical (unpaired) electrons. The highest BCUT2D eigenvalue weighted by Crippen LogP contribution is 2.36. The Morgan fingerprint density at radius 1 is 1.19 bits per heavy atom. The van der Waals surface area contributed by atoms with Gasteiger partial charge in [-0.05, 0) is 49.8 Å². The number of hydrogen-bond acceptors (Lipinski definition) is 3. The van der Waals surface area contributed by atoms with Crippen molar-refractivity contribution in [3.8, 4) is 11.8 Å². The van der Waals surface area contributed by atoms with E-state index in [2.05, 4.69) is 0 Å². The second-order valence-electron chi connectivity index (χ2n) is 6.13. The minimum atomic E-state index is -0.0446. The van der Waals surface area contributed by atoms with Crippen molar-refractivity contribution in [2.24, 2.45) is 5.92 Å². The highest BCUT2D eigenvalue weighted by molar-refractivity contribution is 5.95. The lowest BCUT2D eigenvalue weighted by atomic mass is 9.95. The topological polar surface area (TPSA) is 64.3 Å². The van der Waals surface area contributed by atoms with Gasteiger partial charge < -0.3 is 10.0 Å². The number of amides is 1. The average molecular weight is 284 g/mol. The van der Waals surface area contributed by atoms with Gasteiger partial charge >= 0.3 is 0 Å². The maximum atomic E-state index is 12.7. The predicted octanol–water partition coefficient (Wildman–Crippen LogP) is 3.06. The van der Waals surface area contributed by atoms with E-state index in [9.17, 15) is 9.90 Å². The number of likely N-dealkylation sites (tertiary alicyclic amines) is 1. The van der Waals surface area contributed by atoms with E-state index in [4.69, 9.17) is 5.26 Å². The maximum absolute atomic E-state index is 12.7. The van der Waals surface area contributed by atoms with Crippen molar-refractivity contribution in [3.05, 3.63) is 29.3 Å². The summed E-state index contributed by atoms with van der Waals surface area (Å²) in [5.41, 5.74) is 0.756. The Hall–Kier alpha value is -2.02. The minimum absolute atomic E-state index is 0.0194.